The van der Waals surface area contributed by atoms with Gasteiger partial charge < -0.3 is 15.4 Å². The summed E-state index contributed by atoms with van der Waals surface area (Å²) in [6.45, 7) is 2.35. The predicted octanol–water partition coefficient (Wildman–Crippen LogP) is 1.75. The van der Waals surface area contributed by atoms with Crippen molar-refractivity contribution in [2.75, 3.05) is 41.8 Å². The summed E-state index contributed by atoms with van der Waals surface area (Å²) in [5, 5.41) is 5.68. The molecule has 0 radical (unpaired) electrons. The quantitative estimate of drug-likeness (QED) is 0.770. The third kappa shape index (κ3) is 5.01. The van der Waals surface area contributed by atoms with Crippen LogP contribution in [0.15, 0.2) is 42.6 Å². The van der Waals surface area contributed by atoms with Crippen LogP contribution >= 0.6 is 0 Å². The second kappa shape index (κ2) is 9.05. The van der Waals surface area contributed by atoms with Crippen molar-refractivity contribution in [3.63, 3.8) is 0 Å². The first kappa shape index (κ1) is 20.1. The first-order valence-corrected chi connectivity index (χ1v) is 9.19. The highest BCUT2D eigenvalue weighted by atomic mass is 16.6. The van der Waals surface area contributed by atoms with Gasteiger partial charge in [0.15, 0.2) is 5.82 Å². The summed E-state index contributed by atoms with van der Waals surface area (Å²) in [5.41, 5.74) is 2.06. The van der Waals surface area contributed by atoms with Crippen LogP contribution in [0.4, 0.5) is 22.0 Å². The Hall–Kier alpha value is -3.62. The van der Waals surface area contributed by atoms with E-state index in [1.54, 1.807) is 13.1 Å². The van der Waals surface area contributed by atoms with Gasteiger partial charge in [-0.05, 0) is 11.6 Å². The Labute approximate surface area is 168 Å². The van der Waals surface area contributed by atoms with E-state index in [1.165, 1.54) is 22.9 Å². The van der Waals surface area contributed by atoms with Gasteiger partial charge in [0.2, 0.25) is 11.8 Å². The number of hydrogen-bond acceptors (Lipinski definition) is 6. The molecule has 0 spiro atoms. The van der Waals surface area contributed by atoms with E-state index in [9.17, 15) is 14.4 Å². The Morgan fingerprint density at radius 3 is 2.79 bits per heavy atom. The Morgan fingerprint density at radius 2 is 2.07 bits per heavy atom. The molecule has 0 atom stereocenters. The smallest absolute Gasteiger partial charge is 0.414 e. The number of nitrogens with one attached hydrogen (secondary N) is 2. The van der Waals surface area contributed by atoms with E-state index < -0.39 is 6.09 Å². The minimum absolute atomic E-state index is 0.111. The largest absolute Gasteiger partial charge is 0.444 e. The van der Waals surface area contributed by atoms with E-state index >= 15 is 0 Å². The topological polar surface area (TPSA) is 104 Å². The highest BCUT2D eigenvalue weighted by Crippen LogP contribution is 2.30. The molecule has 0 bridgehead atoms. The molecular formula is C20H23N5O4. The summed E-state index contributed by atoms with van der Waals surface area (Å²) in [6, 6.07) is 11.2. The zero-order valence-electron chi connectivity index (χ0n) is 16.3. The normalized spacial score (nSPS) is 12.6. The Kier molecular flexibility index (Phi) is 6.28. The summed E-state index contributed by atoms with van der Waals surface area (Å²) >= 11 is 0. The number of fused-ring (bicyclic) bond motifs is 1. The van der Waals surface area contributed by atoms with Crippen LogP contribution in [-0.2, 0) is 20.9 Å². The molecule has 3 rings (SSSR count). The maximum Gasteiger partial charge on any atom is 0.414 e. The number of carbonyl (C=O) groups is 3. The molecule has 1 aliphatic heterocycles. The molecule has 29 heavy (non-hydrogen) atoms. The van der Waals surface area contributed by atoms with E-state index in [2.05, 4.69) is 15.6 Å². The number of carbonyl (C=O) groups excluding carboxylic acids is 3. The van der Waals surface area contributed by atoms with Gasteiger partial charge in [0, 0.05) is 27.1 Å². The molecule has 0 saturated carbocycles. The Bertz CT molecular complexity index is 903. The van der Waals surface area contributed by atoms with Gasteiger partial charge in [-0.15, -0.1) is 0 Å². The minimum atomic E-state index is -0.509. The summed E-state index contributed by atoms with van der Waals surface area (Å²) < 4.78 is 5.34. The third-order valence-electron chi connectivity index (χ3n) is 4.41. The van der Waals surface area contributed by atoms with Crippen molar-refractivity contribution < 1.29 is 19.1 Å². The number of hydrogen-bond donors (Lipinski definition) is 2. The van der Waals surface area contributed by atoms with Gasteiger partial charge in [-0.2, -0.15) is 0 Å². The molecule has 1 aliphatic rings. The lowest BCUT2D eigenvalue weighted by Gasteiger charge is -2.30. The lowest BCUT2D eigenvalue weighted by molar-refractivity contribution is -0.119. The number of anilines is 3. The van der Waals surface area contributed by atoms with E-state index in [0.29, 0.717) is 30.3 Å². The molecular weight excluding hydrogens is 374 g/mol. The van der Waals surface area contributed by atoms with Crippen LogP contribution in [-0.4, -0.2) is 49.6 Å². The number of pyridine rings is 1. The van der Waals surface area contributed by atoms with E-state index in [-0.39, 0.29) is 25.0 Å². The molecule has 9 heteroatoms. The third-order valence-corrected chi connectivity index (χ3v) is 4.41. The van der Waals surface area contributed by atoms with Crippen molar-refractivity contribution in [3.8, 4) is 0 Å². The fourth-order valence-electron chi connectivity index (χ4n) is 2.86. The van der Waals surface area contributed by atoms with Crippen LogP contribution in [0.3, 0.4) is 0 Å². The first-order valence-electron chi connectivity index (χ1n) is 9.19. The van der Waals surface area contributed by atoms with Gasteiger partial charge in [-0.3, -0.25) is 19.4 Å². The average Bonchev–Trinajstić information content (AvgIpc) is 2.73. The van der Waals surface area contributed by atoms with Crippen molar-refractivity contribution in [2.45, 2.75) is 13.5 Å². The highest BCUT2D eigenvalue weighted by molar-refractivity contribution is 6.02. The van der Waals surface area contributed by atoms with Crippen molar-refractivity contribution in [1.82, 2.24) is 10.3 Å². The predicted molar refractivity (Wildman–Crippen MR) is 109 cm³/mol. The van der Waals surface area contributed by atoms with Crippen LogP contribution in [0.2, 0.25) is 0 Å². The summed E-state index contributed by atoms with van der Waals surface area (Å²) in [5.74, 6) is 0.159. The zero-order valence-corrected chi connectivity index (χ0v) is 16.3. The van der Waals surface area contributed by atoms with Crippen LogP contribution < -0.4 is 20.4 Å². The molecule has 0 saturated heterocycles. The number of ether oxygens (including phenoxy) is 1. The fraction of sp³-hybridized carbons (Fsp3) is 0.300. The number of amides is 3. The molecule has 0 aliphatic carbocycles. The summed E-state index contributed by atoms with van der Waals surface area (Å²) in [7, 11) is 1.60. The molecule has 2 heterocycles. The van der Waals surface area contributed by atoms with E-state index in [4.69, 9.17) is 4.74 Å². The number of nitrogens with zero attached hydrogens (tertiary/aromatic N) is 3. The summed E-state index contributed by atoms with van der Waals surface area (Å²) in [6.07, 6.45) is 0.999. The number of rotatable bonds is 6. The standard InChI is InChI=1S/C20H23N5O4/c1-14(26)21-8-9-25-18(27)12-22-17-10-16(11-23-19(17)25)24(2)20(28)29-13-15-6-4-3-5-7-15/h3-7,10-11,22H,8-9,12-13H2,1-2H3,(H,21,26). The molecule has 152 valence electrons. The highest BCUT2D eigenvalue weighted by Gasteiger charge is 2.26. The van der Waals surface area contributed by atoms with Gasteiger partial charge in [0.1, 0.15) is 6.61 Å². The average molecular weight is 397 g/mol. The molecule has 0 fully saturated rings. The molecule has 9 nitrogen and oxygen atoms in total. The molecule has 1 aromatic heterocycles. The molecule has 3 amide bonds. The maximum absolute atomic E-state index is 12.4. The molecule has 0 unspecified atom stereocenters. The van der Waals surface area contributed by atoms with Gasteiger partial charge in [-0.1, -0.05) is 30.3 Å². The van der Waals surface area contributed by atoms with Gasteiger partial charge in [-0.25, -0.2) is 9.78 Å². The molecule has 1 aromatic carbocycles. The van der Waals surface area contributed by atoms with Crippen LogP contribution in [0, 0.1) is 0 Å². The van der Waals surface area contributed by atoms with Gasteiger partial charge in [0.25, 0.3) is 0 Å². The molecule has 2 N–H and O–H groups in total. The first-order chi connectivity index (χ1) is 14.0. The van der Waals surface area contributed by atoms with Crippen LogP contribution in [0.5, 0.6) is 0 Å². The summed E-state index contributed by atoms with van der Waals surface area (Å²) in [4.78, 5) is 42.8. The second-order valence-corrected chi connectivity index (χ2v) is 6.55. The monoisotopic (exact) mass is 397 g/mol. The Morgan fingerprint density at radius 1 is 1.31 bits per heavy atom. The van der Waals surface area contributed by atoms with E-state index in [0.717, 1.165) is 5.56 Å². The van der Waals surface area contributed by atoms with Crippen molar-refractivity contribution >= 4 is 35.1 Å². The minimum Gasteiger partial charge on any atom is -0.444 e. The van der Waals surface area contributed by atoms with Crippen LogP contribution in [0.25, 0.3) is 0 Å². The van der Waals surface area contributed by atoms with Crippen molar-refractivity contribution in [3.05, 3.63) is 48.2 Å². The fourth-order valence-corrected chi connectivity index (χ4v) is 2.86. The molecule has 2 aromatic rings. The van der Waals surface area contributed by atoms with Crippen molar-refractivity contribution in [1.29, 1.82) is 0 Å². The van der Waals surface area contributed by atoms with Gasteiger partial charge >= 0.3 is 6.09 Å². The van der Waals surface area contributed by atoms with Crippen molar-refractivity contribution in [2.24, 2.45) is 0 Å². The second-order valence-electron chi connectivity index (χ2n) is 6.55. The number of aromatic nitrogens is 1. The lowest BCUT2D eigenvalue weighted by Crippen LogP contribution is -2.44. The number of benzene rings is 1. The van der Waals surface area contributed by atoms with E-state index in [1.807, 2.05) is 30.3 Å². The van der Waals surface area contributed by atoms with Gasteiger partial charge in [0.05, 0.1) is 24.1 Å². The SMILES string of the molecule is CC(=O)NCCN1C(=O)CNc2cc(N(C)C(=O)OCc3ccccc3)cnc21. The lowest BCUT2D eigenvalue weighted by atomic mass is 10.2. The Balaban J connectivity index is 1.67. The van der Waals surface area contributed by atoms with Crippen LogP contribution in [0.1, 0.15) is 12.5 Å². The zero-order chi connectivity index (χ0) is 20.8. The maximum atomic E-state index is 12.4.